The second kappa shape index (κ2) is 47.4. The molecule has 23 N–H and O–H groups in total. The highest BCUT2D eigenvalue weighted by Crippen LogP contribution is 2.26. The number of para-hydroxylation sites is 1. The van der Waals surface area contributed by atoms with Gasteiger partial charge in [-0.2, -0.15) is 0 Å². The number of aliphatic imine (C=N–C) groups is 1. The number of nitrogens with zero attached hydrogens (tertiary/aromatic N) is 3. The highest BCUT2D eigenvalue weighted by molar-refractivity contribution is 6.01. The van der Waals surface area contributed by atoms with Gasteiger partial charge in [0.1, 0.15) is 72.5 Å². The van der Waals surface area contributed by atoms with Crippen molar-refractivity contribution in [3.8, 4) is 0 Å². The first-order chi connectivity index (χ1) is 57.2. The monoisotopic (exact) mass is 1660 g/mol. The number of carbonyl (C=O) groups excluding carboxylic acids is 13. The van der Waals surface area contributed by atoms with E-state index in [2.05, 4.69) is 63.1 Å². The number of fused-ring (bicyclic) bond motifs is 1. The van der Waals surface area contributed by atoms with Crippen LogP contribution in [0, 0.1) is 23.7 Å². The summed E-state index contributed by atoms with van der Waals surface area (Å²) >= 11 is 0. The lowest BCUT2D eigenvalue weighted by molar-refractivity contribution is -0.143. The van der Waals surface area contributed by atoms with E-state index >= 15 is 14.4 Å². The number of amides is 13. The molecule has 1 aromatic heterocycles. The van der Waals surface area contributed by atoms with E-state index in [0.29, 0.717) is 36.0 Å². The second-order valence-electron chi connectivity index (χ2n) is 32.5. The van der Waals surface area contributed by atoms with Gasteiger partial charge in [0.25, 0.3) is 0 Å². The van der Waals surface area contributed by atoms with Crippen molar-refractivity contribution in [2.75, 3.05) is 32.8 Å². The maximum atomic E-state index is 15.2. The van der Waals surface area contributed by atoms with Crippen molar-refractivity contribution in [2.45, 2.75) is 236 Å². The van der Waals surface area contributed by atoms with Crippen LogP contribution in [0.1, 0.15) is 148 Å². The van der Waals surface area contributed by atoms with Gasteiger partial charge in [-0.1, -0.05) is 171 Å². The second-order valence-corrected chi connectivity index (χ2v) is 32.5. The lowest BCUT2D eigenvalue weighted by atomic mass is 9.96. The largest absolute Gasteiger partial charge is 0.394 e. The number of guanidine groups is 1. The van der Waals surface area contributed by atoms with Crippen molar-refractivity contribution in [2.24, 2.45) is 57.3 Å². The number of H-pyrrole nitrogens is 1. The number of aromatic nitrogens is 1. The Morgan fingerprint density at radius 1 is 0.500 bits per heavy atom. The van der Waals surface area contributed by atoms with Crippen molar-refractivity contribution in [3.05, 3.63) is 144 Å². The number of rotatable bonds is 47. The molecule has 0 unspecified atom stereocenters. The molecule has 13 amide bonds. The van der Waals surface area contributed by atoms with Crippen molar-refractivity contribution < 1.29 is 72.5 Å². The Balaban J connectivity index is 1.10. The summed E-state index contributed by atoms with van der Waals surface area (Å²) in [4.78, 5) is 198. The van der Waals surface area contributed by atoms with Crippen LogP contribution in [0.4, 0.5) is 0 Å². The zero-order chi connectivity index (χ0) is 87.9. The third-order valence-corrected chi connectivity index (χ3v) is 21.6. The number of hydrogen-bond acceptors (Lipinski definition) is 18. The van der Waals surface area contributed by atoms with Gasteiger partial charge in [0.15, 0.2) is 5.96 Å². The Hall–Kier alpha value is -11.4. The molecule has 2 aliphatic heterocycles. The minimum atomic E-state index is -1.79. The third-order valence-electron chi connectivity index (χ3n) is 21.6. The van der Waals surface area contributed by atoms with Crippen LogP contribution < -0.4 is 81.8 Å². The van der Waals surface area contributed by atoms with Crippen LogP contribution in [0.5, 0.6) is 0 Å². The Morgan fingerprint density at radius 2 is 0.967 bits per heavy atom. The van der Waals surface area contributed by atoms with Gasteiger partial charge in [0.2, 0.25) is 76.8 Å². The van der Waals surface area contributed by atoms with Crippen molar-refractivity contribution in [3.63, 3.8) is 0 Å². The molecule has 0 bridgehead atoms. The fraction of sp³-hybridized carbons (Fsp3) is 0.535. The maximum absolute atomic E-state index is 15.2. The average molecular weight is 1670 g/mol. The molecular weight excluding hydrogens is 1540 g/mol. The topological polar surface area (TPSA) is 547 Å². The summed E-state index contributed by atoms with van der Waals surface area (Å²) in [6.45, 7) is 13.3. The van der Waals surface area contributed by atoms with E-state index in [0.717, 1.165) is 21.4 Å². The summed E-state index contributed by atoms with van der Waals surface area (Å²) in [5, 5.41) is 50.5. The van der Waals surface area contributed by atoms with Crippen LogP contribution in [0.25, 0.3) is 10.9 Å². The number of hydrogen-bond donors (Lipinski definition) is 18. The molecule has 0 saturated carbocycles. The van der Waals surface area contributed by atoms with Gasteiger partial charge in [-0.05, 0) is 123 Å². The van der Waals surface area contributed by atoms with Gasteiger partial charge < -0.3 is 107 Å². The molecule has 4 aromatic carbocycles. The number of β-amino-alcohol motifs (C(OH)–C–C–N with tert-alkyl or cyclic N) is 1. The molecule has 654 valence electrons. The zero-order valence-electron chi connectivity index (χ0n) is 70.0. The number of aromatic amines is 1. The van der Waals surface area contributed by atoms with Crippen molar-refractivity contribution >= 4 is 93.7 Å². The number of carbonyl (C=O) groups is 13. The lowest BCUT2D eigenvalue weighted by Crippen LogP contribution is -2.62. The number of nitrogens with two attached hydrogens (primary N) is 5. The molecule has 34 heteroatoms. The first kappa shape index (κ1) is 95.8. The lowest BCUT2D eigenvalue weighted by Gasteiger charge is -2.32. The SMILES string of the molecule is CC[C@H](C)[C@H](NC(=O)[C@H](CCCN=C(N)N)NC(=O)[C@@H]1C[C@@H](O)CN1C(=O)[C@@H](CC(C)C)NC(=O)[C@H](Cc1ccccc1)NC(=O)[C@H](CCCCN)NC(=O)[C@H](CO)NC(=O)[C@H](Cc1ccccc1)NC(=O)[C@H](Cc1c[nH]c2ccccc12)NC(=O)[C@@H]1CCCN1C(=O)[C@@H](NC(=O)[C@@H](N)Cc1ccccc1)C(C)C)C(=O)N[C@@H](CC(C)C)C(N)=O. The molecule has 3 heterocycles. The van der Waals surface area contributed by atoms with E-state index in [4.69, 9.17) is 28.7 Å². The van der Waals surface area contributed by atoms with Crippen LogP contribution in [-0.2, 0) is 88.0 Å². The molecule has 2 aliphatic rings. The highest BCUT2D eigenvalue weighted by Gasteiger charge is 2.45. The summed E-state index contributed by atoms with van der Waals surface area (Å²) in [7, 11) is 0. The van der Waals surface area contributed by atoms with Gasteiger partial charge in [-0.3, -0.25) is 67.3 Å². The van der Waals surface area contributed by atoms with Gasteiger partial charge in [-0.25, -0.2) is 0 Å². The predicted octanol–water partition coefficient (Wildman–Crippen LogP) is 0.0211. The summed E-state index contributed by atoms with van der Waals surface area (Å²) < 4.78 is 0. The third kappa shape index (κ3) is 29.0. The first-order valence-electron chi connectivity index (χ1n) is 41.6. The number of unbranched alkanes of at least 4 members (excludes halogenated alkanes) is 1. The van der Waals surface area contributed by atoms with E-state index in [1.54, 1.807) is 108 Å². The summed E-state index contributed by atoms with van der Waals surface area (Å²) in [6, 6.07) is 16.4. The fourth-order valence-electron chi connectivity index (χ4n) is 14.8. The average Bonchev–Trinajstić information content (AvgIpc) is 1.62. The minimum absolute atomic E-state index is 0.0246. The van der Waals surface area contributed by atoms with Crippen molar-refractivity contribution in [1.82, 2.24) is 68.0 Å². The van der Waals surface area contributed by atoms with E-state index < -0.39 is 180 Å². The van der Waals surface area contributed by atoms with Crippen LogP contribution in [0.3, 0.4) is 0 Å². The molecule has 7 rings (SSSR count). The Bertz CT molecular complexity index is 4280. The quantitative estimate of drug-likeness (QED) is 0.0139. The zero-order valence-corrected chi connectivity index (χ0v) is 70.0. The first-order valence-corrected chi connectivity index (χ1v) is 41.6. The summed E-state index contributed by atoms with van der Waals surface area (Å²) in [5.41, 5.74) is 32.4. The Kier molecular flexibility index (Phi) is 37.9. The van der Waals surface area contributed by atoms with Gasteiger partial charge >= 0.3 is 0 Å². The number of primary amides is 1. The fourth-order valence-corrected chi connectivity index (χ4v) is 14.8. The molecular formula is C86H125N19O15. The molecule has 0 radical (unpaired) electrons. The van der Waals surface area contributed by atoms with Gasteiger partial charge in [0, 0.05) is 62.4 Å². The smallest absolute Gasteiger partial charge is 0.246 e. The minimum Gasteiger partial charge on any atom is -0.394 e. The molecule has 5 aromatic rings. The summed E-state index contributed by atoms with van der Waals surface area (Å²) in [5.74, 6) is -11.7. The number of likely N-dealkylation sites (tertiary alicyclic amines) is 2. The normalized spacial score (nSPS) is 17.6. The summed E-state index contributed by atoms with van der Waals surface area (Å²) in [6.07, 6.45) is 1.69. The molecule has 15 atom stereocenters. The van der Waals surface area contributed by atoms with Crippen LogP contribution in [0.2, 0.25) is 0 Å². The van der Waals surface area contributed by atoms with Crippen LogP contribution in [0.15, 0.2) is 126 Å². The predicted molar refractivity (Wildman–Crippen MR) is 453 cm³/mol. The maximum Gasteiger partial charge on any atom is 0.246 e. The van der Waals surface area contributed by atoms with Crippen LogP contribution in [-0.4, -0.2) is 225 Å². The van der Waals surface area contributed by atoms with E-state index in [1.807, 2.05) is 68.4 Å². The van der Waals surface area contributed by atoms with Gasteiger partial charge in [-0.15, -0.1) is 0 Å². The molecule has 0 spiro atoms. The van der Waals surface area contributed by atoms with Crippen LogP contribution >= 0.6 is 0 Å². The number of aliphatic hydroxyl groups excluding tert-OH is 2. The van der Waals surface area contributed by atoms with E-state index in [1.165, 1.54) is 4.90 Å². The molecule has 2 fully saturated rings. The highest BCUT2D eigenvalue weighted by atomic mass is 16.3. The Morgan fingerprint density at radius 3 is 1.52 bits per heavy atom. The van der Waals surface area contributed by atoms with E-state index in [-0.39, 0.29) is 121 Å². The molecule has 120 heavy (non-hydrogen) atoms. The van der Waals surface area contributed by atoms with Crippen molar-refractivity contribution in [1.29, 1.82) is 0 Å². The molecule has 2 saturated heterocycles. The molecule has 34 nitrogen and oxygen atoms in total. The molecule has 0 aliphatic carbocycles. The van der Waals surface area contributed by atoms with E-state index in [9.17, 15) is 58.2 Å². The standard InChI is InChI=1S/C86H125N19O15/c1-9-52(8)72(83(118)96-63(73(89)108)39-49(2)3)103-76(111)62(34-23-37-92-86(90)91)95-82(117)70-45-57(107)47-105(70)84(119)67(40-50(4)5)100-77(112)64(42-54-27-15-11-16-28-54)97-75(110)61(33-21-22-36-87)94-80(115)68(48-106)101-78(113)65(43-55-29-17-12-18-30-55)98-79(114)66(44-56-46-93-60-32-20-19-31-58(56)60)99-81(116)69-35-24-38-104(69)85(120)71(51(6)7)102-74(109)59(88)41-53-25-13-10-14-26-53/h10-20,25-32,46,49-52,57,59,61-72,93,106-107H,9,21-24,33-45,47-48,87-88H2,1-8H3,(H2,89,108)(H,94,115)(H,95,117)(H,96,118)(H,97,110)(H,98,114)(H,99,116)(H,100,112)(H,101,113)(H,102,109)(H,103,111)(H4,90,91,92)/t52-,57+,59-,61-,62-,63-,64-,65-,66-,67+,68-,69-,70-,71-,72-/m0/s1. The number of benzene rings is 4. The van der Waals surface area contributed by atoms with Gasteiger partial charge in [0.05, 0.1) is 18.8 Å². The Labute approximate surface area is 701 Å². The number of aliphatic hydroxyl groups is 2. The number of nitrogens with one attached hydrogen (secondary N) is 11.